The standard InChI is InChI=1S/C83H49F3N8/c1-87-70-25-15-24-69(83(84,85)86)80(70)64-30-35-79(93-75-31-26-56(60-36-40-89-71(48-60)52-16-7-3-8-17-52)44-65(75)66-45-57(27-32-76(66)93)61-37-41-90-72(49-61)53-18-9-4-10-19-53)81(88-2)82(64)94-77-33-28-58(62-38-42-91-73(50-62)54-20-11-5-12-21-54)46-67(77)68-47-59(29-34-78(68)94)63-39-43-92-74(51-63)55-22-13-6-14-23-55/h3-51H. The second kappa shape index (κ2) is 23.2. The summed E-state index contributed by atoms with van der Waals surface area (Å²) in [4.78, 5) is 27.3. The van der Waals surface area contributed by atoms with E-state index in [4.69, 9.17) is 26.5 Å². The molecule has 8 nitrogen and oxygen atoms in total. The fourth-order valence-corrected chi connectivity index (χ4v) is 13.2. The van der Waals surface area contributed by atoms with Crippen LogP contribution in [0.25, 0.3) is 165 Å². The molecule has 0 aliphatic carbocycles. The van der Waals surface area contributed by atoms with Crippen molar-refractivity contribution in [3.63, 3.8) is 0 Å². The Balaban J connectivity index is 0.980. The molecule has 6 heterocycles. The van der Waals surface area contributed by atoms with E-state index in [1.807, 2.05) is 187 Å². The Labute approximate surface area is 538 Å². The van der Waals surface area contributed by atoms with Gasteiger partial charge in [0.2, 0.25) is 5.69 Å². The molecule has 0 unspecified atom stereocenters. The lowest BCUT2D eigenvalue weighted by atomic mass is 9.94. The van der Waals surface area contributed by atoms with Crippen LogP contribution >= 0.6 is 0 Å². The van der Waals surface area contributed by atoms with Crippen molar-refractivity contribution in [2.24, 2.45) is 0 Å². The average molecular weight is 1220 g/mol. The summed E-state index contributed by atoms with van der Waals surface area (Å²) in [6.07, 6.45) is 2.33. The van der Waals surface area contributed by atoms with E-state index in [0.717, 1.165) is 128 Å². The van der Waals surface area contributed by atoms with Gasteiger partial charge in [-0.15, -0.1) is 0 Å². The molecule has 16 aromatic rings. The summed E-state index contributed by atoms with van der Waals surface area (Å²) < 4.78 is 51.6. The number of pyridine rings is 4. The smallest absolute Gasteiger partial charge is 0.319 e. The van der Waals surface area contributed by atoms with Gasteiger partial charge < -0.3 is 9.13 Å². The van der Waals surface area contributed by atoms with Crippen LogP contribution in [0, 0.1) is 13.1 Å². The summed E-state index contributed by atoms with van der Waals surface area (Å²) in [6, 6.07) is 88.0. The van der Waals surface area contributed by atoms with Gasteiger partial charge in [-0.1, -0.05) is 170 Å². The number of hydrogen-bond donors (Lipinski definition) is 0. The number of halogens is 3. The summed E-state index contributed by atoms with van der Waals surface area (Å²) in [6.45, 7) is 18.0. The van der Waals surface area contributed by atoms with Gasteiger partial charge in [0, 0.05) is 74.1 Å². The largest absolute Gasteiger partial charge is 0.415 e. The molecule has 94 heavy (non-hydrogen) atoms. The number of benzene rings is 10. The molecule has 10 aromatic carbocycles. The Morgan fingerprint density at radius 3 is 0.979 bits per heavy atom. The molecule has 0 radical (unpaired) electrons. The summed E-state index contributed by atoms with van der Waals surface area (Å²) in [5.41, 5.74) is 16.3. The fourth-order valence-electron chi connectivity index (χ4n) is 13.2. The Kier molecular flexibility index (Phi) is 13.9. The molecule has 0 atom stereocenters. The van der Waals surface area contributed by atoms with Crippen LogP contribution in [0.2, 0.25) is 0 Å². The summed E-state index contributed by atoms with van der Waals surface area (Å²) >= 11 is 0. The van der Waals surface area contributed by atoms with Crippen LogP contribution in [0.15, 0.2) is 298 Å². The van der Waals surface area contributed by atoms with Crippen molar-refractivity contribution in [1.29, 1.82) is 0 Å². The molecule has 16 rings (SSSR count). The monoisotopic (exact) mass is 1210 g/mol. The van der Waals surface area contributed by atoms with E-state index in [9.17, 15) is 6.57 Å². The molecule has 0 saturated carbocycles. The van der Waals surface area contributed by atoms with Crippen molar-refractivity contribution in [2.75, 3.05) is 0 Å². The van der Waals surface area contributed by atoms with Crippen LogP contribution in [0.5, 0.6) is 0 Å². The topological polar surface area (TPSA) is 70.1 Å². The number of aromatic nitrogens is 6. The third-order valence-corrected chi connectivity index (χ3v) is 17.6. The molecule has 0 bridgehead atoms. The lowest BCUT2D eigenvalue weighted by Gasteiger charge is -2.23. The Morgan fingerprint density at radius 1 is 0.309 bits per heavy atom. The zero-order chi connectivity index (χ0) is 63.4. The van der Waals surface area contributed by atoms with Gasteiger partial charge in [-0.25, -0.2) is 9.69 Å². The Hall–Kier alpha value is -12.8. The predicted molar refractivity (Wildman–Crippen MR) is 373 cm³/mol. The van der Waals surface area contributed by atoms with Gasteiger partial charge in [-0.05, 0) is 153 Å². The normalized spacial score (nSPS) is 11.5. The van der Waals surface area contributed by atoms with Gasteiger partial charge in [0.05, 0.1) is 74.9 Å². The second-order valence-corrected chi connectivity index (χ2v) is 23.0. The molecule has 0 aliphatic heterocycles. The average Bonchev–Trinajstić information content (AvgIpc) is 1.17. The van der Waals surface area contributed by atoms with Gasteiger partial charge in [0.15, 0.2) is 5.69 Å². The molecule has 0 saturated heterocycles. The predicted octanol–water partition coefficient (Wildman–Crippen LogP) is 22.6. The molecular formula is C83H49F3N8. The minimum atomic E-state index is -4.89. The van der Waals surface area contributed by atoms with Gasteiger partial charge in [0.1, 0.15) is 0 Å². The molecule has 0 N–H and O–H groups in total. The third kappa shape index (κ3) is 9.98. The highest BCUT2D eigenvalue weighted by molar-refractivity contribution is 6.15. The number of alkyl halides is 3. The first kappa shape index (κ1) is 56.4. The van der Waals surface area contributed by atoms with E-state index in [-0.39, 0.29) is 28.2 Å². The minimum absolute atomic E-state index is 0.0630. The summed E-state index contributed by atoms with van der Waals surface area (Å²) in [5, 5.41) is 3.31. The lowest BCUT2D eigenvalue weighted by Crippen LogP contribution is -2.09. The maximum Gasteiger partial charge on any atom is 0.415 e. The highest BCUT2D eigenvalue weighted by Gasteiger charge is 2.37. The van der Waals surface area contributed by atoms with E-state index in [1.54, 1.807) is 24.5 Å². The zero-order valence-electron chi connectivity index (χ0n) is 50.0. The number of rotatable bonds is 11. The maximum atomic E-state index is 15.9. The van der Waals surface area contributed by atoms with E-state index in [2.05, 4.69) is 87.1 Å². The van der Waals surface area contributed by atoms with Crippen molar-refractivity contribution >= 4 is 55.0 Å². The van der Waals surface area contributed by atoms with E-state index in [0.29, 0.717) is 16.7 Å². The van der Waals surface area contributed by atoms with Crippen LogP contribution < -0.4 is 0 Å². The van der Waals surface area contributed by atoms with Crippen LogP contribution in [0.4, 0.5) is 24.5 Å². The summed E-state index contributed by atoms with van der Waals surface area (Å²) in [5.74, 6) is 0. The number of hydrogen-bond acceptors (Lipinski definition) is 4. The zero-order valence-corrected chi connectivity index (χ0v) is 50.0. The first-order chi connectivity index (χ1) is 46.1. The Morgan fingerprint density at radius 2 is 0.649 bits per heavy atom. The molecule has 6 aromatic heterocycles. The maximum absolute atomic E-state index is 15.9. The first-order valence-corrected chi connectivity index (χ1v) is 30.5. The van der Waals surface area contributed by atoms with E-state index >= 15 is 13.2 Å². The van der Waals surface area contributed by atoms with Gasteiger partial charge in [0.25, 0.3) is 0 Å². The molecule has 0 aliphatic rings. The first-order valence-electron chi connectivity index (χ1n) is 30.5. The molecular weight excluding hydrogens is 1170 g/mol. The SMILES string of the molecule is [C-]#[N+]c1cccc(C(F)(F)F)c1-c1ccc(-n2c3ccc(-c4ccnc(-c5ccccc5)c4)cc3c3cc(-c4ccnc(-c5ccccc5)c4)ccc32)c([N+]#[C-])c1-n1c2ccc(-c3ccnc(-c4ccccc4)c3)cc2c2cc(-c3ccnc(-c4ccccc4)c3)ccc21. The molecule has 0 amide bonds. The van der Waals surface area contributed by atoms with Crippen LogP contribution in [0.1, 0.15) is 5.56 Å². The number of nitrogens with zero attached hydrogens (tertiary/aromatic N) is 8. The van der Waals surface area contributed by atoms with Crippen molar-refractivity contribution in [3.8, 4) is 112 Å². The molecule has 442 valence electrons. The van der Waals surface area contributed by atoms with Gasteiger partial charge in [-0.3, -0.25) is 19.9 Å². The van der Waals surface area contributed by atoms with Crippen molar-refractivity contribution in [3.05, 3.63) is 326 Å². The third-order valence-electron chi connectivity index (χ3n) is 17.6. The summed E-state index contributed by atoms with van der Waals surface area (Å²) in [7, 11) is 0. The van der Waals surface area contributed by atoms with E-state index in [1.165, 1.54) is 12.1 Å². The molecule has 11 heteroatoms. The minimum Gasteiger partial charge on any atom is -0.319 e. The van der Waals surface area contributed by atoms with Crippen LogP contribution in [-0.2, 0) is 6.18 Å². The highest BCUT2D eigenvalue weighted by Crippen LogP contribution is 2.52. The van der Waals surface area contributed by atoms with Gasteiger partial charge in [-0.2, -0.15) is 13.2 Å². The lowest BCUT2D eigenvalue weighted by molar-refractivity contribution is -0.137. The van der Waals surface area contributed by atoms with Crippen molar-refractivity contribution in [1.82, 2.24) is 29.1 Å². The van der Waals surface area contributed by atoms with E-state index < -0.39 is 11.7 Å². The highest BCUT2D eigenvalue weighted by atomic mass is 19.4. The Bertz CT molecular complexity index is 5470. The fraction of sp³-hybridized carbons (Fsp3) is 0.0120. The van der Waals surface area contributed by atoms with Gasteiger partial charge >= 0.3 is 6.18 Å². The van der Waals surface area contributed by atoms with Crippen LogP contribution in [-0.4, -0.2) is 29.1 Å². The van der Waals surface area contributed by atoms with Crippen molar-refractivity contribution < 1.29 is 13.2 Å². The second-order valence-electron chi connectivity index (χ2n) is 23.0. The van der Waals surface area contributed by atoms with Crippen LogP contribution in [0.3, 0.4) is 0 Å². The molecule has 0 spiro atoms. The molecule has 0 fully saturated rings. The van der Waals surface area contributed by atoms with Crippen molar-refractivity contribution in [2.45, 2.75) is 6.18 Å². The number of fused-ring (bicyclic) bond motifs is 6. The quantitative estimate of drug-likeness (QED) is 0.121.